The number of halogens is 3. The minimum atomic E-state index is -4.43. The van der Waals surface area contributed by atoms with Gasteiger partial charge in [0.2, 0.25) is 11.8 Å². The van der Waals surface area contributed by atoms with E-state index in [1.807, 2.05) is 60.7 Å². The maximum Gasteiger partial charge on any atom is 0.416 e. The van der Waals surface area contributed by atoms with Crippen LogP contribution in [0.25, 0.3) is 0 Å². The Morgan fingerprint density at radius 1 is 0.961 bits per heavy atom. The number of anilines is 1. The largest absolute Gasteiger partial charge is 0.416 e. The fraction of sp³-hybridized carbons (Fsp3) is 0.368. The van der Waals surface area contributed by atoms with Crippen LogP contribution in [0.4, 0.5) is 19.0 Å². The van der Waals surface area contributed by atoms with Gasteiger partial charge in [0.1, 0.15) is 12.1 Å². The smallest absolute Gasteiger partial charge is 0.374 e. The summed E-state index contributed by atoms with van der Waals surface area (Å²) in [7, 11) is 0. The fourth-order valence-electron chi connectivity index (χ4n) is 5.80. The number of nitrogens with one attached hydrogen (secondary N) is 2. The number of likely N-dealkylation sites (tertiary alicyclic amines) is 1. The predicted octanol–water partition coefficient (Wildman–Crippen LogP) is 5.91. The Hall–Kier alpha value is -5.01. The van der Waals surface area contributed by atoms with Crippen LogP contribution < -0.4 is 16.4 Å². The normalized spacial score (nSPS) is 15.0. The molecule has 2 heterocycles. The van der Waals surface area contributed by atoms with Crippen molar-refractivity contribution < 1.29 is 32.3 Å². The lowest BCUT2D eigenvalue weighted by Crippen LogP contribution is -2.56. The van der Waals surface area contributed by atoms with Gasteiger partial charge in [-0.05, 0) is 55.4 Å². The molecule has 0 bridgehead atoms. The monoisotopic (exact) mass is 706 g/mol. The van der Waals surface area contributed by atoms with Crippen molar-refractivity contribution in [1.82, 2.24) is 19.8 Å². The second kappa shape index (κ2) is 16.8. The minimum absolute atomic E-state index is 0. The lowest BCUT2D eigenvalue weighted by atomic mass is 9.88. The predicted molar refractivity (Wildman–Crippen MR) is 188 cm³/mol. The first-order valence-electron chi connectivity index (χ1n) is 16.4. The minimum Gasteiger partial charge on any atom is -0.374 e. The molecule has 272 valence electrons. The van der Waals surface area contributed by atoms with E-state index in [1.54, 1.807) is 21.7 Å². The summed E-state index contributed by atoms with van der Waals surface area (Å²) in [6.07, 6.45) is -0.411. The summed E-state index contributed by atoms with van der Waals surface area (Å²) in [5.74, 6) is -1.29. The van der Waals surface area contributed by atoms with Crippen LogP contribution in [0.1, 0.15) is 68.3 Å². The van der Waals surface area contributed by atoms with E-state index in [0.29, 0.717) is 37.1 Å². The number of hydrogen-bond acceptors (Lipinski definition) is 6. The first-order chi connectivity index (χ1) is 23.8. The van der Waals surface area contributed by atoms with Gasteiger partial charge in [-0.15, -0.1) is 0 Å². The quantitative estimate of drug-likeness (QED) is 0.168. The standard InChI is InChI=1S/C37H41F3N6O4.CH4/c1-36(2,41)35(49)43-30(23-50-22-25-10-5-3-6-11-25)33(47)44-31-21-46(24-42-31)32(27-12-7-4-8-13-27)34(48)45-18-16-26(17-19-45)28-14-9-15-29(20-28)37(38,39)40;/h3-15,20-21,24,26,30,32H,16-19,22-23,41H2,1-2H3,(H,43,49)(H,44,47);1H4/t30-,32?;/m1./s1. The number of amides is 3. The zero-order valence-electron chi connectivity index (χ0n) is 27.9. The molecule has 0 saturated carbocycles. The molecule has 0 spiro atoms. The Morgan fingerprint density at radius 3 is 2.24 bits per heavy atom. The van der Waals surface area contributed by atoms with Gasteiger partial charge in [-0.25, -0.2) is 4.98 Å². The van der Waals surface area contributed by atoms with E-state index in [-0.39, 0.29) is 38.3 Å². The number of piperidine rings is 1. The van der Waals surface area contributed by atoms with Crippen molar-refractivity contribution in [2.75, 3.05) is 25.0 Å². The molecule has 5 rings (SSSR count). The molecule has 3 amide bonds. The Bertz CT molecular complexity index is 1750. The molecule has 1 aliphatic rings. The third-order valence-corrected chi connectivity index (χ3v) is 8.60. The number of imidazole rings is 1. The molecule has 1 saturated heterocycles. The van der Waals surface area contributed by atoms with Crippen LogP contribution in [0.15, 0.2) is 97.5 Å². The second-order valence-electron chi connectivity index (χ2n) is 13.0. The third kappa shape index (κ3) is 10.3. The average molecular weight is 707 g/mol. The first kappa shape index (κ1) is 38.8. The van der Waals surface area contributed by atoms with Gasteiger partial charge in [0.25, 0.3) is 5.91 Å². The van der Waals surface area contributed by atoms with E-state index in [4.69, 9.17) is 10.5 Å². The summed E-state index contributed by atoms with van der Waals surface area (Å²) < 4.78 is 47.3. The Morgan fingerprint density at radius 2 is 1.61 bits per heavy atom. The highest BCUT2D eigenvalue weighted by Crippen LogP contribution is 2.35. The van der Waals surface area contributed by atoms with Crippen LogP contribution in [0.2, 0.25) is 0 Å². The second-order valence-corrected chi connectivity index (χ2v) is 13.0. The van der Waals surface area contributed by atoms with Crippen LogP contribution in [-0.4, -0.2) is 63.4 Å². The summed E-state index contributed by atoms with van der Waals surface area (Å²) in [5, 5.41) is 5.37. The van der Waals surface area contributed by atoms with E-state index in [9.17, 15) is 27.6 Å². The number of aromatic nitrogens is 2. The molecule has 10 nitrogen and oxygen atoms in total. The summed E-state index contributed by atoms with van der Waals surface area (Å²) in [6.45, 7) is 3.87. The van der Waals surface area contributed by atoms with E-state index in [0.717, 1.165) is 11.6 Å². The molecule has 4 N–H and O–H groups in total. The van der Waals surface area contributed by atoms with Crippen LogP contribution in [0, 0.1) is 0 Å². The van der Waals surface area contributed by atoms with Gasteiger partial charge in [-0.3, -0.25) is 14.4 Å². The van der Waals surface area contributed by atoms with Crippen LogP contribution in [0.5, 0.6) is 0 Å². The molecule has 1 aromatic heterocycles. The van der Waals surface area contributed by atoms with Crippen LogP contribution >= 0.6 is 0 Å². The summed E-state index contributed by atoms with van der Waals surface area (Å²) in [4.78, 5) is 46.3. The van der Waals surface area contributed by atoms with E-state index in [2.05, 4.69) is 15.6 Å². The number of carbonyl (C=O) groups excluding carboxylic acids is 3. The van der Waals surface area contributed by atoms with Gasteiger partial charge in [0.15, 0.2) is 5.82 Å². The Kier molecular flexibility index (Phi) is 12.8. The van der Waals surface area contributed by atoms with E-state index >= 15 is 0 Å². The average Bonchev–Trinajstić information content (AvgIpc) is 3.55. The van der Waals surface area contributed by atoms with Gasteiger partial charge in [0, 0.05) is 19.3 Å². The van der Waals surface area contributed by atoms with Crippen LogP contribution in [-0.2, 0) is 31.9 Å². The maximum atomic E-state index is 14.1. The zero-order chi connectivity index (χ0) is 35.9. The van der Waals surface area contributed by atoms with Crippen molar-refractivity contribution in [1.29, 1.82) is 0 Å². The zero-order valence-corrected chi connectivity index (χ0v) is 27.9. The van der Waals surface area contributed by atoms with Crippen molar-refractivity contribution in [3.05, 3.63) is 120 Å². The number of nitrogens with zero attached hydrogens (tertiary/aromatic N) is 3. The van der Waals surface area contributed by atoms with Crippen molar-refractivity contribution in [2.45, 2.75) is 70.4 Å². The molecule has 2 atom stereocenters. The molecule has 4 aromatic rings. The van der Waals surface area contributed by atoms with Gasteiger partial charge in [-0.2, -0.15) is 13.2 Å². The van der Waals surface area contributed by atoms with Gasteiger partial charge in [0.05, 0.1) is 30.6 Å². The molecule has 0 radical (unpaired) electrons. The lowest BCUT2D eigenvalue weighted by molar-refractivity contribution is -0.137. The van der Waals surface area contributed by atoms with Gasteiger partial charge < -0.3 is 30.6 Å². The van der Waals surface area contributed by atoms with E-state index in [1.165, 1.54) is 32.3 Å². The summed E-state index contributed by atoms with van der Waals surface area (Å²) >= 11 is 0. The van der Waals surface area contributed by atoms with Crippen molar-refractivity contribution in [3.8, 4) is 0 Å². The molecular weight excluding hydrogens is 661 g/mol. The number of hydrogen-bond donors (Lipinski definition) is 3. The Balaban J connectivity index is 0.00000583. The number of carbonyl (C=O) groups is 3. The number of benzene rings is 3. The summed E-state index contributed by atoms with van der Waals surface area (Å²) in [6, 6.07) is 22.0. The van der Waals surface area contributed by atoms with Gasteiger partial charge >= 0.3 is 6.18 Å². The van der Waals surface area contributed by atoms with Crippen molar-refractivity contribution >= 4 is 23.5 Å². The number of alkyl halides is 3. The van der Waals surface area contributed by atoms with E-state index < -0.39 is 41.2 Å². The molecule has 1 unspecified atom stereocenters. The van der Waals surface area contributed by atoms with Gasteiger partial charge in [-0.1, -0.05) is 86.3 Å². The molecule has 3 aromatic carbocycles. The molecule has 0 aliphatic carbocycles. The fourth-order valence-corrected chi connectivity index (χ4v) is 5.80. The molecule has 1 aliphatic heterocycles. The number of rotatable bonds is 12. The SMILES string of the molecule is C.CC(C)(N)C(=O)N[C@H](COCc1ccccc1)C(=O)Nc1cn(C(C(=O)N2CCC(c3cccc(C(F)(F)F)c3)CC2)c2ccccc2)cn1. The third-order valence-electron chi connectivity index (χ3n) is 8.60. The van der Waals surface area contributed by atoms with Crippen molar-refractivity contribution in [2.24, 2.45) is 5.73 Å². The highest BCUT2D eigenvalue weighted by molar-refractivity contribution is 5.98. The number of ether oxygens (including phenoxy) is 1. The molecule has 1 fully saturated rings. The Labute approximate surface area is 296 Å². The lowest BCUT2D eigenvalue weighted by Gasteiger charge is -2.35. The van der Waals surface area contributed by atoms with Crippen LogP contribution in [0.3, 0.4) is 0 Å². The first-order valence-corrected chi connectivity index (χ1v) is 16.4. The highest BCUT2D eigenvalue weighted by Gasteiger charge is 2.34. The van der Waals surface area contributed by atoms with Crippen molar-refractivity contribution in [3.63, 3.8) is 0 Å². The number of nitrogens with two attached hydrogens (primary N) is 1. The molecule has 51 heavy (non-hydrogen) atoms. The molecular formula is C38H45F3N6O4. The highest BCUT2D eigenvalue weighted by atomic mass is 19.4. The topological polar surface area (TPSA) is 132 Å². The maximum absolute atomic E-state index is 14.1. The molecule has 13 heteroatoms. The summed E-state index contributed by atoms with van der Waals surface area (Å²) in [5.41, 5.74) is 6.23.